The first kappa shape index (κ1) is 19.5. The van der Waals surface area contributed by atoms with Crippen LogP contribution >= 0.6 is 0 Å². The number of amides is 1. The summed E-state index contributed by atoms with van der Waals surface area (Å²) in [7, 11) is 0. The van der Waals surface area contributed by atoms with Gasteiger partial charge in [0, 0.05) is 5.69 Å². The van der Waals surface area contributed by atoms with Crippen LogP contribution in [0.1, 0.15) is 30.5 Å². The van der Waals surface area contributed by atoms with Crippen LogP contribution in [0.25, 0.3) is 0 Å². The number of para-hydroxylation sites is 1. The van der Waals surface area contributed by atoms with Gasteiger partial charge in [0.1, 0.15) is 5.75 Å². The number of aryl methyl sites for hydroxylation is 3. The van der Waals surface area contributed by atoms with Crippen LogP contribution in [-0.2, 0) is 27.2 Å². The molecule has 5 heteroatoms. The SMILES string of the molecule is CCc1ccc(OCC(=O)OCC(=O)Nc2c(C)cccc2CC)cc1. The zero-order valence-corrected chi connectivity index (χ0v) is 15.5. The van der Waals surface area contributed by atoms with Gasteiger partial charge in [-0.15, -0.1) is 0 Å². The summed E-state index contributed by atoms with van der Waals surface area (Å²) in [5, 5.41) is 2.81. The van der Waals surface area contributed by atoms with Gasteiger partial charge < -0.3 is 14.8 Å². The van der Waals surface area contributed by atoms with Crippen LogP contribution in [-0.4, -0.2) is 25.1 Å². The number of ether oxygens (including phenoxy) is 2. The van der Waals surface area contributed by atoms with Crippen molar-refractivity contribution in [1.29, 1.82) is 0 Å². The Labute approximate surface area is 154 Å². The van der Waals surface area contributed by atoms with Gasteiger partial charge >= 0.3 is 5.97 Å². The smallest absolute Gasteiger partial charge is 0.344 e. The molecule has 0 bridgehead atoms. The lowest BCUT2D eigenvalue weighted by atomic mass is 10.1. The Balaban J connectivity index is 1.79. The van der Waals surface area contributed by atoms with Crippen LogP contribution in [0.2, 0.25) is 0 Å². The molecule has 26 heavy (non-hydrogen) atoms. The summed E-state index contributed by atoms with van der Waals surface area (Å²) < 4.78 is 10.3. The largest absolute Gasteiger partial charge is 0.482 e. The number of hydrogen-bond donors (Lipinski definition) is 1. The molecule has 0 saturated heterocycles. The normalized spacial score (nSPS) is 10.3. The van der Waals surface area contributed by atoms with Crippen LogP contribution in [0.15, 0.2) is 42.5 Å². The molecule has 0 atom stereocenters. The molecule has 0 aliphatic carbocycles. The second-order valence-corrected chi connectivity index (χ2v) is 5.96. The zero-order valence-electron chi connectivity index (χ0n) is 15.5. The van der Waals surface area contributed by atoms with Crippen molar-refractivity contribution in [2.45, 2.75) is 33.6 Å². The number of anilines is 1. The minimum absolute atomic E-state index is 0.233. The van der Waals surface area contributed by atoms with Crippen molar-refractivity contribution < 1.29 is 19.1 Å². The van der Waals surface area contributed by atoms with Crippen molar-refractivity contribution in [2.24, 2.45) is 0 Å². The van der Waals surface area contributed by atoms with Gasteiger partial charge in [-0.1, -0.05) is 44.2 Å². The fourth-order valence-corrected chi connectivity index (χ4v) is 2.53. The maximum Gasteiger partial charge on any atom is 0.344 e. The van der Waals surface area contributed by atoms with E-state index in [0.717, 1.165) is 29.7 Å². The van der Waals surface area contributed by atoms with E-state index in [1.807, 2.05) is 56.3 Å². The molecule has 2 aromatic carbocycles. The van der Waals surface area contributed by atoms with Crippen LogP contribution in [0.4, 0.5) is 5.69 Å². The lowest BCUT2D eigenvalue weighted by molar-refractivity contribution is -0.149. The highest BCUT2D eigenvalue weighted by Crippen LogP contribution is 2.20. The molecular formula is C21H25NO4. The predicted molar refractivity (Wildman–Crippen MR) is 101 cm³/mol. The fraction of sp³-hybridized carbons (Fsp3) is 0.333. The third kappa shape index (κ3) is 5.62. The van der Waals surface area contributed by atoms with Gasteiger partial charge in [0.25, 0.3) is 5.91 Å². The summed E-state index contributed by atoms with van der Waals surface area (Å²) in [6, 6.07) is 13.4. The Morgan fingerprint density at radius 2 is 1.69 bits per heavy atom. The molecule has 2 rings (SSSR count). The molecule has 138 valence electrons. The van der Waals surface area contributed by atoms with E-state index in [9.17, 15) is 9.59 Å². The van der Waals surface area contributed by atoms with Gasteiger partial charge in [0.2, 0.25) is 0 Å². The van der Waals surface area contributed by atoms with E-state index in [-0.39, 0.29) is 19.1 Å². The summed E-state index contributed by atoms with van der Waals surface area (Å²) in [4.78, 5) is 23.8. The molecule has 0 fully saturated rings. The Bertz CT molecular complexity index is 753. The van der Waals surface area contributed by atoms with Crippen molar-refractivity contribution in [1.82, 2.24) is 0 Å². The van der Waals surface area contributed by atoms with Gasteiger partial charge in [0.05, 0.1) is 0 Å². The maximum atomic E-state index is 12.1. The average molecular weight is 355 g/mol. The Morgan fingerprint density at radius 1 is 0.962 bits per heavy atom. The van der Waals surface area contributed by atoms with Crippen molar-refractivity contribution >= 4 is 17.6 Å². The van der Waals surface area contributed by atoms with E-state index in [1.54, 1.807) is 0 Å². The van der Waals surface area contributed by atoms with E-state index in [0.29, 0.717) is 5.75 Å². The Kier molecular flexibility index (Phi) is 7.21. The summed E-state index contributed by atoms with van der Waals surface area (Å²) >= 11 is 0. The second kappa shape index (κ2) is 9.61. The van der Waals surface area contributed by atoms with E-state index >= 15 is 0 Å². The molecule has 0 saturated carbocycles. The minimum Gasteiger partial charge on any atom is -0.482 e. The Morgan fingerprint density at radius 3 is 2.35 bits per heavy atom. The third-order valence-corrected chi connectivity index (χ3v) is 4.06. The van der Waals surface area contributed by atoms with Gasteiger partial charge in [0.15, 0.2) is 13.2 Å². The third-order valence-electron chi connectivity index (χ3n) is 4.06. The summed E-state index contributed by atoms with van der Waals surface area (Å²) in [5.74, 6) is -0.356. The van der Waals surface area contributed by atoms with Gasteiger partial charge in [-0.25, -0.2) is 4.79 Å². The van der Waals surface area contributed by atoms with E-state index < -0.39 is 5.97 Å². The summed E-state index contributed by atoms with van der Waals surface area (Å²) in [6.07, 6.45) is 1.75. The monoisotopic (exact) mass is 355 g/mol. The lowest BCUT2D eigenvalue weighted by Gasteiger charge is -2.13. The summed E-state index contributed by atoms with van der Waals surface area (Å²) in [5.41, 5.74) is 3.99. The quantitative estimate of drug-likeness (QED) is 0.734. The van der Waals surface area contributed by atoms with Crippen LogP contribution in [0.5, 0.6) is 5.75 Å². The molecule has 0 spiro atoms. The predicted octanol–water partition coefficient (Wildman–Crippen LogP) is 3.68. The van der Waals surface area contributed by atoms with E-state index in [1.165, 1.54) is 5.56 Å². The van der Waals surface area contributed by atoms with Crippen molar-refractivity contribution in [3.8, 4) is 5.75 Å². The second-order valence-electron chi connectivity index (χ2n) is 5.96. The van der Waals surface area contributed by atoms with Crippen molar-refractivity contribution in [2.75, 3.05) is 18.5 Å². The molecule has 2 aromatic rings. The highest BCUT2D eigenvalue weighted by molar-refractivity contribution is 5.94. The molecule has 0 aliphatic rings. The first-order chi connectivity index (χ1) is 12.5. The number of benzene rings is 2. The molecule has 0 unspecified atom stereocenters. The molecule has 0 aliphatic heterocycles. The molecular weight excluding hydrogens is 330 g/mol. The molecule has 5 nitrogen and oxygen atoms in total. The van der Waals surface area contributed by atoms with E-state index in [4.69, 9.17) is 9.47 Å². The van der Waals surface area contributed by atoms with Crippen LogP contribution in [0, 0.1) is 6.92 Å². The van der Waals surface area contributed by atoms with Crippen LogP contribution < -0.4 is 10.1 Å². The molecule has 0 heterocycles. The number of nitrogens with one attached hydrogen (secondary N) is 1. The number of hydrogen-bond acceptors (Lipinski definition) is 4. The molecule has 0 radical (unpaired) electrons. The molecule has 0 aromatic heterocycles. The fourth-order valence-electron chi connectivity index (χ4n) is 2.53. The zero-order chi connectivity index (χ0) is 18.9. The van der Waals surface area contributed by atoms with Crippen LogP contribution in [0.3, 0.4) is 0 Å². The highest BCUT2D eigenvalue weighted by atomic mass is 16.6. The molecule has 1 amide bonds. The average Bonchev–Trinajstić information content (AvgIpc) is 2.66. The number of carbonyl (C=O) groups is 2. The first-order valence-electron chi connectivity index (χ1n) is 8.79. The summed E-state index contributed by atoms with van der Waals surface area (Å²) in [6.45, 7) is 5.45. The number of esters is 1. The maximum absolute atomic E-state index is 12.1. The number of rotatable bonds is 8. The van der Waals surface area contributed by atoms with Gasteiger partial charge in [-0.3, -0.25) is 4.79 Å². The minimum atomic E-state index is -0.583. The highest BCUT2D eigenvalue weighted by Gasteiger charge is 2.11. The van der Waals surface area contributed by atoms with Crippen molar-refractivity contribution in [3.63, 3.8) is 0 Å². The first-order valence-corrected chi connectivity index (χ1v) is 8.79. The number of carbonyl (C=O) groups excluding carboxylic acids is 2. The van der Waals surface area contributed by atoms with E-state index in [2.05, 4.69) is 12.2 Å². The van der Waals surface area contributed by atoms with Gasteiger partial charge in [-0.05, 0) is 48.6 Å². The lowest BCUT2D eigenvalue weighted by Crippen LogP contribution is -2.24. The topological polar surface area (TPSA) is 64.6 Å². The molecule has 1 N–H and O–H groups in total. The van der Waals surface area contributed by atoms with Gasteiger partial charge in [-0.2, -0.15) is 0 Å². The standard InChI is InChI=1S/C21H25NO4/c1-4-16-9-11-18(12-10-16)25-14-20(24)26-13-19(23)22-21-15(3)7-6-8-17(21)5-2/h6-12H,4-5,13-14H2,1-3H3,(H,22,23). The Hall–Kier alpha value is -2.82. The van der Waals surface area contributed by atoms with Crippen molar-refractivity contribution in [3.05, 3.63) is 59.2 Å².